The number of hydrogen-bond donors (Lipinski definition) is 3. The fourth-order valence-electron chi connectivity index (χ4n) is 2.65. The zero-order valence-electron chi connectivity index (χ0n) is 14.9. The van der Waals surface area contributed by atoms with Gasteiger partial charge in [0, 0.05) is 19.7 Å². The van der Waals surface area contributed by atoms with Gasteiger partial charge in [0.2, 0.25) is 0 Å². The minimum atomic E-state index is -1.48. The second-order valence-corrected chi connectivity index (χ2v) is 5.99. The Kier molecular flexibility index (Phi) is 6.24. The van der Waals surface area contributed by atoms with Crippen molar-refractivity contribution in [3.63, 3.8) is 0 Å². The predicted octanol–water partition coefficient (Wildman–Crippen LogP) is 0.516. The topological polar surface area (TPSA) is 111 Å². The van der Waals surface area contributed by atoms with Crippen LogP contribution in [0.25, 0.3) is 0 Å². The van der Waals surface area contributed by atoms with E-state index in [0.717, 1.165) is 22.6 Å². The van der Waals surface area contributed by atoms with Crippen molar-refractivity contribution in [1.82, 2.24) is 15.7 Å². The van der Waals surface area contributed by atoms with Gasteiger partial charge >= 0.3 is 0 Å². The number of likely N-dealkylation sites (N-methyl/N-ethyl adjacent to an activating group) is 2. The number of amides is 3. The lowest BCUT2D eigenvalue weighted by atomic mass is 10.0. The Labute approximate surface area is 151 Å². The molecule has 1 aliphatic rings. The predicted molar refractivity (Wildman–Crippen MR) is 96.1 cm³/mol. The van der Waals surface area contributed by atoms with E-state index in [1.165, 1.54) is 19.6 Å². The van der Waals surface area contributed by atoms with Crippen LogP contribution in [0.4, 0.5) is 0 Å². The average Bonchev–Trinajstić information content (AvgIpc) is 2.67. The number of carbonyl (C=O) groups is 3. The third-order valence-electron chi connectivity index (χ3n) is 4.10. The van der Waals surface area contributed by atoms with Crippen molar-refractivity contribution in [3.8, 4) is 0 Å². The quantitative estimate of drug-likeness (QED) is 0.405. The smallest absolute Gasteiger partial charge is 0.275 e. The van der Waals surface area contributed by atoms with Gasteiger partial charge in [-0.1, -0.05) is 18.2 Å². The molecule has 1 aromatic carbocycles. The maximum atomic E-state index is 12.6. The van der Waals surface area contributed by atoms with E-state index in [1.807, 2.05) is 13.0 Å². The standard InChI is InChI=1S/C18H22N4O4/c1-11-5-4-6-14(20-11)12-7-9-13(10-8-12)18(25)22(3)15(16(23)19-2)17(24)21-26/h4,6-11,15,26H,5H2,1-3H3,(H,19,23)(H,21,24). The first-order valence-electron chi connectivity index (χ1n) is 8.16. The number of hydroxylamine groups is 1. The normalized spacial score (nSPS) is 17.1. The van der Waals surface area contributed by atoms with Gasteiger partial charge in [-0.2, -0.15) is 0 Å². The molecule has 26 heavy (non-hydrogen) atoms. The number of benzene rings is 1. The highest BCUT2D eigenvalue weighted by molar-refractivity contribution is 6.10. The Balaban J connectivity index is 2.22. The van der Waals surface area contributed by atoms with Crippen LogP contribution >= 0.6 is 0 Å². The fraction of sp³-hybridized carbons (Fsp3) is 0.333. The number of aliphatic imine (C=N–C) groups is 1. The summed E-state index contributed by atoms with van der Waals surface area (Å²) in [4.78, 5) is 41.8. The van der Waals surface area contributed by atoms with E-state index in [4.69, 9.17) is 5.21 Å². The summed E-state index contributed by atoms with van der Waals surface area (Å²) in [5, 5.41) is 11.1. The Bertz CT molecular complexity index is 739. The molecule has 8 heteroatoms. The second kappa shape index (κ2) is 8.39. The molecule has 1 heterocycles. The molecule has 0 bridgehead atoms. The number of rotatable bonds is 5. The molecule has 2 rings (SSSR count). The molecule has 2 unspecified atom stereocenters. The third-order valence-corrected chi connectivity index (χ3v) is 4.10. The van der Waals surface area contributed by atoms with Crippen LogP contribution < -0.4 is 10.8 Å². The van der Waals surface area contributed by atoms with Crippen LogP contribution in [0.5, 0.6) is 0 Å². The zero-order chi connectivity index (χ0) is 19.3. The van der Waals surface area contributed by atoms with E-state index in [9.17, 15) is 14.4 Å². The first-order valence-corrected chi connectivity index (χ1v) is 8.16. The van der Waals surface area contributed by atoms with Crippen molar-refractivity contribution >= 4 is 23.4 Å². The summed E-state index contributed by atoms with van der Waals surface area (Å²) in [6.45, 7) is 2.03. The van der Waals surface area contributed by atoms with Gasteiger partial charge in [0.25, 0.3) is 17.7 Å². The molecule has 3 N–H and O–H groups in total. The lowest BCUT2D eigenvalue weighted by molar-refractivity contribution is -0.140. The Morgan fingerprint density at radius 3 is 2.42 bits per heavy atom. The zero-order valence-corrected chi connectivity index (χ0v) is 14.9. The van der Waals surface area contributed by atoms with Gasteiger partial charge < -0.3 is 10.2 Å². The molecule has 0 aliphatic carbocycles. The second-order valence-electron chi connectivity index (χ2n) is 5.99. The highest BCUT2D eigenvalue weighted by Gasteiger charge is 2.33. The Morgan fingerprint density at radius 1 is 1.23 bits per heavy atom. The van der Waals surface area contributed by atoms with E-state index < -0.39 is 23.8 Å². The molecule has 0 aromatic heterocycles. The molecule has 0 spiro atoms. The average molecular weight is 358 g/mol. The molecule has 1 aliphatic heterocycles. The van der Waals surface area contributed by atoms with Crippen molar-refractivity contribution in [1.29, 1.82) is 0 Å². The van der Waals surface area contributed by atoms with Crippen LogP contribution in [0.15, 0.2) is 41.4 Å². The number of hydrogen-bond acceptors (Lipinski definition) is 5. The van der Waals surface area contributed by atoms with Crippen molar-refractivity contribution in [2.75, 3.05) is 14.1 Å². The largest absolute Gasteiger partial charge is 0.357 e. The Morgan fingerprint density at radius 2 is 1.88 bits per heavy atom. The molecule has 0 saturated heterocycles. The van der Waals surface area contributed by atoms with E-state index in [-0.39, 0.29) is 6.04 Å². The summed E-state index contributed by atoms with van der Waals surface area (Å²) in [5.41, 5.74) is 3.44. The summed E-state index contributed by atoms with van der Waals surface area (Å²) in [6, 6.07) is 5.49. The van der Waals surface area contributed by atoms with Gasteiger partial charge in [0.15, 0.2) is 6.04 Å². The molecule has 0 radical (unpaired) electrons. The maximum absolute atomic E-state index is 12.6. The van der Waals surface area contributed by atoms with E-state index in [2.05, 4.69) is 16.4 Å². The number of nitrogens with zero attached hydrogens (tertiary/aromatic N) is 2. The van der Waals surface area contributed by atoms with Crippen LogP contribution in [-0.2, 0) is 9.59 Å². The van der Waals surface area contributed by atoms with Crippen molar-refractivity contribution in [2.24, 2.45) is 4.99 Å². The molecule has 3 amide bonds. The lowest BCUT2D eigenvalue weighted by Crippen LogP contribution is -2.54. The van der Waals surface area contributed by atoms with Crippen LogP contribution in [0.1, 0.15) is 29.3 Å². The summed E-state index contributed by atoms with van der Waals surface area (Å²) in [6.07, 6.45) is 4.90. The van der Waals surface area contributed by atoms with Gasteiger partial charge in [-0.05, 0) is 37.1 Å². The van der Waals surface area contributed by atoms with E-state index >= 15 is 0 Å². The van der Waals surface area contributed by atoms with Crippen molar-refractivity contribution in [2.45, 2.75) is 25.4 Å². The summed E-state index contributed by atoms with van der Waals surface area (Å²) >= 11 is 0. The van der Waals surface area contributed by atoms with Crippen molar-refractivity contribution in [3.05, 3.63) is 47.5 Å². The fourth-order valence-corrected chi connectivity index (χ4v) is 2.65. The number of dihydropyridines is 1. The van der Waals surface area contributed by atoms with Crippen LogP contribution in [0, 0.1) is 0 Å². The van der Waals surface area contributed by atoms with Gasteiger partial charge in [-0.15, -0.1) is 0 Å². The number of allylic oxidation sites excluding steroid dienone is 1. The maximum Gasteiger partial charge on any atom is 0.275 e. The summed E-state index contributed by atoms with van der Waals surface area (Å²) < 4.78 is 0. The lowest BCUT2D eigenvalue weighted by Gasteiger charge is -2.25. The minimum Gasteiger partial charge on any atom is -0.357 e. The first-order chi connectivity index (χ1) is 12.4. The summed E-state index contributed by atoms with van der Waals surface area (Å²) in [5.74, 6) is -2.23. The molecule has 1 aromatic rings. The molecular weight excluding hydrogens is 336 g/mol. The van der Waals surface area contributed by atoms with Gasteiger partial charge in [-0.25, -0.2) is 5.48 Å². The van der Waals surface area contributed by atoms with Crippen LogP contribution in [0.3, 0.4) is 0 Å². The Hall–Kier alpha value is -3.00. The van der Waals surface area contributed by atoms with E-state index in [0.29, 0.717) is 5.56 Å². The monoisotopic (exact) mass is 358 g/mol. The first kappa shape index (κ1) is 19.3. The highest BCUT2D eigenvalue weighted by atomic mass is 16.5. The minimum absolute atomic E-state index is 0.216. The molecular formula is C18H22N4O4. The summed E-state index contributed by atoms with van der Waals surface area (Å²) in [7, 11) is 2.66. The number of carbonyl (C=O) groups excluding carboxylic acids is 3. The molecule has 8 nitrogen and oxygen atoms in total. The van der Waals surface area contributed by atoms with Crippen LogP contribution in [0.2, 0.25) is 0 Å². The molecule has 0 saturated carbocycles. The molecule has 138 valence electrons. The third kappa shape index (κ3) is 4.15. The SMILES string of the molecule is CNC(=O)C(C(=O)NO)N(C)C(=O)c1ccc(C2=NC(C)CC=C2)cc1. The number of nitrogens with one attached hydrogen (secondary N) is 2. The van der Waals surface area contributed by atoms with E-state index in [1.54, 1.807) is 24.3 Å². The highest BCUT2D eigenvalue weighted by Crippen LogP contribution is 2.14. The van der Waals surface area contributed by atoms with Gasteiger partial charge in [0.1, 0.15) is 0 Å². The van der Waals surface area contributed by atoms with Gasteiger partial charge in [0.05, 0.1) is 11.8 Å². The van der Waals surface area contributed by atoms with Crippen LogP contribution in [-0.4, -0.2) is 59.7 Å². The molecule has 0 fully saturated rings. The molecule has 2 atom stereocenters. The van der Waals surface area contributed by atoms with Crippen molar-refractivity contribution < 1.29 is 19.6 Å². The van der Waals surface area contributed by atoms with Gasteiger partial charge in [-0.3, -0.25) is 24.6 Å².